The summed E-state index contributed by atoms with van der Waals surface area (Å²) in [5.74, 6) is 0.817. The Hall–Kier alpha value is -1.16. The predicted molar refractivity (Wildman–Crippen MR) is 67.4 cm³/mol. The average molecular weight is 222 g/mol. The van der Waals surface area contributed by atoms with Crippen molar-refractivity contribution in [3.05, 3.63) is 18.1 Å². The van der Waals surface area contributed by atoms with E-state index >= 15 is 0 Å². The van der Waals surface area contributed by atoms with E-state index in [-0.39, 0.29) is 0 Å². The molecule has 0 aliphatic carbocycles. The minimum absolute atomic E-state index is 0.817. The summed E-state index contributed by atoms with van der Waals surface area (Å²) in [4.78, 5) is 10.9. The average Bonchev–Trinajstić information content (AvgIpc) is 2.30. The monoisotopic (exact) mass is 222 g/mol. The van der Waals surface area contributed by atoms with E-state index in [0.717, 1.165) is 24.6 Å². The highest BCUT2D eigenvalue weighted by Crippen LogP contribution is 2.03. The van der Waals surface area contributed by atoms with E-state index in [1.54, 1.807) is 6.20 Å². The normalized spacial score (nSPS) is 10.8. The molecule has 0 aliphatic rings. The molecule has 1 aromatic rings. The zero-order chi connectivity index (χ0) is 11.8. The second-order valence-corrected chi connectivity index (χ2v) is 4.09. The van der Waals surface area contributed by atoms with E-state index < -0.39 is 0 Å². The molecule has 4 nitrogen and oxygen atoms in total. The maximum Gasteiger partial charge on any atom is 0.144 e. The molecule has 1 rings (SSSR count). The minimum atomic E-state index is 0.817. The molecule has 0 amide bonds. The molecule has 1 N–H and O–H groups in total. The fourth-order valence-electron chi connectivity index (χ4n) is 1.55. The van der Waals surface area contributed by atoms with Gasteiger partial charge in [-0.3, -0.25) is 4.98 Å². The maximum absolute atomic E-state index is 4.35. The van der Waals surface area contributed by atoms with Crippen LogP contribution in [0.4, 0.5) is 5.82 Å². The molecule has 1 aromatic heterocycles. The number of anilines is 1. The van der Waals surface area contributed by atoms with Crippen molar-refractivity contribution in [3.8, 4) is 0 Å². The Labute approximate surface area is 98.1 Å². The van der Waals surface area contributed by atoms with Crippen molar-refractivity contribution in [3.63, 3.8) is 0 Å². The molecule has 16 heavy (non-hydrogen) atoms. The zero-order valence-electron chi connectivity index (χ0n) is 10.5. The van der Waals surface area contributed by atoms with Crippen LogP contribution < -0.4 is 5.32 Å². The first-order valence-electron chi connectivity index (χ1n) is 5.93. The first-order valence-corrected chi connectivity index (χ1v) is 5.93. The van der Waals surface area contributed by atoms with Gasteiger partial charge in [0.15, 0.2) is 0 Å². The molecule has 0 saturated carbocycles. The predicted octanol–water partition coefficient (Wildman–Crippen LogP) is 2.14. The van der Waals surface area contributed by atoms with Crippen molar-refractivity contribution in [2.24, 2.45) is 0 Å². The lowest BCUT2D eigenvalue weighted by molar-refractivity contribution is 0.314. The number of nitrogens with one attached hydrogen (secondary N) is 1. The molecule has 0 bridgehead atoms. The number of rotatable bonds is 7. The standard InChI is InChI=1S/C12H22N4/c1-4-5-6-7-16(3)10-11-8-15-12(13-2)9-14-11/h8-9H,4-7,10H2,1-3H3,(H,13,15). The Balaban J connectivity index is 2.34. The van der Waals surface area contributed by atoms with E-state index in [0.29, 0.717) is 0 Å². The van der Waals surface area contributed by atoms with Crippen molar-refractivity contribution in [2.45, 2.75) is 32.7 Å². The molecule has 0 atom stereocenters. The molecule has 0 saturated heterocycles. The van der Waals surface area contributed by atoms with Gasteiger partial charge in [0.1, 0.15) is 5.82 Å². The van der Waals surface area contributed by atoms with Crippen LogP contribution >= 0.6 is 0 Å². The van der Waals surface area contributed by atoms with Crippen LogP contribution in [0.2, 0.25) is 0 Å². The van der Waals surface area contributed by atoms with Crippen LogP contribution in [0.1, 0.15) is 31.9 Å². The number of unbranched alkanes of at least 4 members (excludes halogenated alkanes) is 2. The first-order chi connectivity index (χ1) is 7.76. The Morgan fingerprint density at radius 1 is 1.25 bits per heavy atom. The van der Waals surface area contributed by atoms with Gasteiger partial charge in [0.2, 0.25) is 0 Å². The summed E-state index contributed by atoms with van der Waals surface area (Å²) in [5.41, 5.74) is 1.03. The lowest BCUT2D eigenvalue weighted by Gasteiger charge is -2.15. The summed E-state index contributed by atoms with van der Waals surface area (Å²) in [5, 5.41) is 2.96. The van der Waals surface area contributed by atoms with E-state index in [1.807, 2.05) is 13.2 Å². The lowest BCUT2D eigenvalue weighted by atomic mass is 10.2. The van der Waals surface area contributed by atoms with Gasteiger partial charge in [0.25, 0.3) is 0 Å². The SMILES string of the molecule is CCCCCN(C)Cc1cnc(NC)cn1. The van der Waals surface area contributed by atoms with Crippen molar-refractivity contribution >= 4 is 5.82 Å². The highest BCUT2D eigenvalue weighted by Gasteiger charge is 2.01. The van der Waals surface area contributed by atoms with Gasteiger partial charge in [-0.2, -0.15) is 0 Å². The highest BCUT2D eigenvalue weighted by atomic mass is 15.1. The van der Waals surface area contributed by atoms with Gasteiger partial charge in [-0.25, -0.2) is 4.98 Å². The lowest BCUT2D eigenvalue weighted by Crippen LogP contribution is -2.19. The number of aromatic nitrogens is 2. The fourth-order valence-corrected chi connectivity index (χ4v) is 1.55. The van der Waals surface area contributed by atoms with Crippen molar-refractivity contribution < 1.29 is 0 Å². The van der Waals surface area contributed by atoms with Crippen LogP contribution in [0, 0.1) is 0 Å². The van der Waals surface area contributed by atoms with Crippen molar-refractivity contribution in [1.29, 1.82) is 0 Å². The van der Waals surface area contributed by atoms with Gasteiger partial charge >= 0.3 is 0 Å². The van der Waals surface area contributed by atoms with E-state index in [1.165, 1.54) is 19.3 Å². The summed E-state index contributed by atoms with van der Waals surface area (Å²) in [6.07, 6.45) is 7.44. The topological polar surface area (TPSA) is 41.1 Å². The molecule has 1 heterocycles. The fraction of sp³-hybridized carbons (Fsp3) is 0.667. The van der Waals surface area contributed by atoms with Gasteiger partial charge in [0.05, 0.1) is 18.1 Å². The van der Waals surface area contributed by atoms with E-state index in [4.69, 9.17) is 0 Å². The molecule has 90 valence electrons. The van der Waals surface area contributed by atoms with Crippen LogP contribution in [0.3, 0.4) is 0 Å². The molecular weight excluding hydrogens is 200 g/mol. The maximum atomic E-state index is 4.35. The Kier molecular flexibility index (Phi) is 5.78. The molecule has 0 aromatic carbocycles. The highest BCUT2D eigenvalue weighted by molar-refractivity contribution is 5.29. The summed E-state index contributed by atoms with van der Waals surface area (Å²) < 4.78 is 0. The Bertz CT molecular complexity index is 284. The first kappa shape index (κ1) is 12.9. The summed E-state index contributed by atoms with van der Waals surface area (Å²) >= 11 is 0. The third-order valence-corrected chi connectivity index (χ3v) is 2.54. The van der Waals surface area contributed by atoms with Crippen LogP contribution in [-0.4, -0.2) is 35.5 Å². The van der Waals surface area contributed by atoms with Crippen LogP contribution in [-0.2, 0) is 6.54 Å². The minimum Gasteiger partial charge on any atom is -0.372 e. The quantitative estimate of drug-likeness (QED) is 0.718. The smallest absolute Gasteiger partial charge is 0.144 e. The molecule has 0 spiro atoms. The molecule has 0 aliphatic heterocycles. The van der Waals surface area contributed by atoms with Crippen LogP contribution in [0.25, 0.3) is 0 Å². The largest absolute Gasteiger partial charge is 0.372 e. The van der Waals surface area contributed by atoms with Gasteiger partial charge < -0.3 is 10.2 Å². The molecule has 0 unspecified atom stereocenters. The van der Waals surface area contributed by atoms with Gasteiger partial charge in [-0.05, 0) is 20.0 Å². The summed E-state index contributed by atoms with van der Waals surface area (Å²) in [6.45, 7) is 4.23. The second-order valence-electron chi connectivity index (χ2n) is 4.09. The van der Waals surface area contributed by atoms with Gasteiger partial charge in [-0.1, -0.05) is 19.8 Å². The second kappa shape index (κ2) is 7.17. The van der Waals surface area contributed by atoms with Gasteiger partial charge in [-0.15, -0.1) is 0 Å². The molecular formula is C12H22N4. The summed E-state index contributed by atoms with van der Waals surface area (Å²) in [7, 11) is 3.98. The van der Waals surface area contributed by atoms with Gasteiger partial charge in [0, 0.05) is 13.6 Å². The van der Waals surface area contributed by atoms with Crippen molar-refractivity contribution in [2.75, 3.05) is 26.0 Å². The zero-order valence-corrected chi connectivity index (χ0v) is 10.5. The Morgan fingerprint density at radius 3 is 2.62 bits per heavy atom. The van der Waals surface area contributed by atoms with Crippen molar-refractivity contribution in [1.82, 2.24) is 14.9 Å². The molecule has 0 fully saturated rings. The number of hydrogen-bond donors (Lipinski definition) is 1. The third kappa shape index (κ3) is 4.57. The van der Waals surface area contributed by atoms with E-state index in [2.05, 4.69) is 34.2 Å². The number of nitrogens with zero attached hydrogens (tertiary/aromatic N) is 3. The third-order valence-electron chi connectivity index (χ3n) is 2.54. The molecule has 4 heteroatoms. The molecule has 0 radical (unpaired) electrons. The Morgan fingerprint density at radius 2 is 2.06 bits per heavy atom. The van der Waals surface area contributed by atoms with Crippen LogP contribution in [0.5, 0.6) is 0 Å². The van der Waals surface area contributed by atoms with Crippen LogP contribution in [0.15, 0.2) is 12.4 Å². The van der Waals surface area contributed by atoms with E-state index in [9.17, 15) is 0 Å². The number of hydrogen-bond acceptors (Lipinski definition) is 4. The summed E-state index contributed by atoms with van der Waals surface area (Å²) in [6, 6.07) is 0.